The van der Waals surface area contributed by atoms with Crippen molar-refractivity contribution in [3.05, 3.63) is 64.7 Å². The Hall–Kier alpha value is -1.55. The van der Waals surface area contributed by atoms with E-state index in [2.05, 4.69) is 0 Å². The van der Waals surface area contributed by atoms with Gasteiger partial charge in [-0.25, -0.2) is 0 Å². The first kappa shape index (κ1) is 15.8. The van der Waals surface area contributed by atoms with E-state index < -0.39 is 0 Å². The highest BCUT2D eigenvalue weighted by molar-refractivity contribution is 6.30. The Kier molecular flexibility index (Phi) is 6.54. The van der Waals surface area contributed by atoms with Crippen LogP contribution in [0.4, 0.5) is 0 Å². The molecular formula is C17H20ClNO2. The summed E-state index contributed by atoms with van der Waals surface area (Å²) in [5.74, 6) is 0.854. The zero-order valence-electron chi connectivity index (χ0n) is 11.9. The Balaban J connectivity index is 1.61. The van der Waals surface area contributed by atoms with Gasteiger partial charge in [0.15, 0.2) is 0 Å². The molecule has 0 bridgehead atoms. The second-order valence-electron chi connectivity index (χ2n) is 4.74. The fourth-order valence-electron chi connectivity index (χ4n) is 1.93. The van der Waals surface area contributed by atoms with Crippen LogP contribution in [0.15, 0.2) is 48.5 Å². The minimum absolute atomic E-state index is 0.528. The van der Waals surface area contributed by atoms with Crippen LogP contribution in [-0.2, 0) is 17.9 Å². The SMILES string of the molecule is NCc1cccc(OCCCOCc2cccc(Cl)c2)c1. The predicted molar refractivity (Wildman–Crippen MR) is 85.6 cm³/mol. The highest BCUT2D eigenvalue weighted by atomic mass is 35.5. The van der Waals surface area contributed by atoms with E-state index in [-0.39, 0.29) is 0 Å². The largest absolute Gasteiger partial charge is 0.493 e. The number of hydrogen-bond acceptors (Lipinski definition) is 3. The lowest BCUT2D eigenvalue weighted by atomic mass is 10.2. The molecule has 0 aliphatic heterocycles. The van der Waals surface area contributed by atoms with E-state index in [9.17, 15) is 0 Å². The summed E-state index contributed by atoms with van der Waals surface area (Å²) >= 11 is 5.92. The van der Waals surface area contributed by atoms with Gasteiger partial charge < -0.3 is 15.2 Å². The Labute approximate surface area is 130 Å². The van der Waals surface area contributed by atoms with Crippen molar-refractivity contribution >= 4 is 11.6 Å². The van der Waals surface area contributed by atoms with Gasteiger partial charge in [-0.05, 0) is 35.4 Å². The molecule has 0 unspecified atom stereocenters. The monoisotopic (exact) mass is 305 g/mol. The maximum Gasteiger partial charge on any atom is 0.119 e. The van der Waals surface area contributed by atoms with Crippen molar-refractivity contribution in [3.8, 4) is 5.75 Å². The Morgan fingerprint density at radius 2 is 1.76 bits per heavy atom. The number of ether oxygens (including phenoxy) is 2. The summed E-state index contributed by atoms with van der Waals surface area (Å²) in [5, 5.41) is 0.735. The normalized spacial score (nSPS) is 10.6. The van der Waals surface area contributed by atoms with Crippen LogP contribution < -0.4 is 10.5 Å². The number of halogens is 1. The van der Waals surface area contributed by atoms with E-state index in [1.807, 2.05) is 48.5 Å². The average molecular weight is 306 g/mol. The molecule has 0 aromatic heterocycles. The molecule has 0 atom stereocenters. The van der Waals surface area contributed by atoms with E-state index in [4.69, 9.17) is 26.8 Å². The standard InChI is InChI=1S/C17H20ClNO2/c18-16-6-1-5-15(10-16)13-20-8-3-9-21-17-7-2-4-14(11-17)12-19/h1-2,4-7,10-11H,3,8-9,12-13,19H2. The summed E-state index contributed by atoms with van der Waals surface area (Å²) in [6.45, 7) is 2.38. The summed E-state index contributed by atoms with van der Waals surface area (Å²) in [7, 11) is 0. The van der Waals surface area contributed by atoms with E-state index in [1.165, 1.54) is 0 Å². The lowest BCUT2D eigenvalue weighted by molar-refractivity contribution is 0.107. The zero-order valence-corrected chi connectivity index (χ0v) is 12.7. The van der Waals surface area contributed by atoms with Gasteiger partial charge in [-0.3, -0.25) is 0 Å². The van der Waals surface area contributed by atoms with Crippen LogP contribution in [0.25, 0.3) is 0 Å². The van der Waals surface area contributed by atoms with Gasteiger partial charge >= 0.3 is 0 Å². The molecule has 0 amide bonds. The highest BCUT2D eigenvalue weighted by Crippen LogP contribution is 2.13. The maximum absolute atomic E-state index is 5.92. The molecule has 0 fully saturated rings. The predicted octanol–water partition coefficient (Wildman–Crippen LogP) is 3.78. The molecule has 0 aliphatic carbocycles. The second-order valence-corrected chi connectivity index (χ2v) is 5.17. The summed E-state index contributed by atoms with van der Waals surface area (Å²) in [6, 6.07) is 15.5. The molecule has 4 heteroatoms. The summed E-state index contributed by atoms with van der Waals surface area (Å²) < 4.78 is 11.3. The first-order valence-corrected chi connectivity index (χ1v) is 7.40. The van der Waals surface area contributed by atoms with Gasteiger partial charge in [0.05, 0.1) is 19.8 Å². The third kappa shape index (κ3) is 5.76. The lowest BCUT2D eigenvalue weighted by Crippen LogP contribution is -2.04. The van der Waals surface area contributed by atoms with Crippen molar-refractivity contribution in [1.29, 1.82) is 0 Å². The van der Waals surface area contributed by atoms with Crippen molar-refractivity contribution in [2.24, 2.45) is 5.73 Å². The molecule has 2 aromatic carbocycles. The summed E-state index contributed by atoms with van der Waals surface area (Å²) in [5.41, 5.74) is 7.75. The minimum Gasteiger partial charge on any atom is -0.493 e. The van der Waals surface area contributed by atoms with Crippen LogP contribution in [0, 0.1) is 0 Å². The second kappa shape index (κ2) is 8.67. The molecular weight excluding hydrogens is 286 g/mol. The fourth-order valence-corrected chi connectivity index (χ4v) is 2.14. The molecule has 2 aromatic rings. The number of nitrogens with two attached hydrogens (primary N) is 1. The molecule has 2 rings (SSSR count). The molecule has 0 aliphatic rings. The van der Waals surface area contributed by atoms with E-state index >= 15 is 0 Å². The van der Waals surface area contributed by atoms with Gasteiger partial charge in [-0.15, -0.1) is 0 Å². The molecule has 0 heterocycles. The molecule has 0 radical (unpaired) electrons. The molecule has 21 heavy (non-hydrogen) atoms. The van der Waals surface area contributed by atoms with Crippen molar-refractivity contribution in [3.63, 3.8) is 0 Å². The van der Waals surface area contributed by atoms with Gasteiger partial charge in [-0.1, -0.05) is 35.9 Å². The first-order valence-electron chi connectivity index (χ1n) is 7.02. The average Bonchev–Trinajstić information content (AvgIpc) is 2.51. The third-order valence-corrected chi connectivity index (χ3v) is 3.23. The van der Waals surface area contributed by atoms with E-state index in [0.717, 1.165) is 28.3 Å². The number of hydrogen-bond donors (Lipinski definition) is 1. The Bertz CT molecular complexity index is 560. The first-order chi connectivity index (χ1) is 10.3. The van der Waals surface area contributed by atoms with Crippen molar-refractivity contribution in [1.82, 2.24) is 0 Å². The quantitative estimate of drug-likeness (QED) is 0.755. The fraction of sp³-hybridized carbons (Fsp3) is 0.294. The van der Waals surface area contributed by atoms with Gasteiger partial charge in [0.2, 0.25) is 0 Å². The zero-order chi connectivity index (χ0) is 14.9. The van der Waals surface area contributed by atoms with Crippen LogP contribution in [0.1, 0.15) is 17.5 Å². The molecule has 0 saturated carbocycles. The third-order valence-electron chi connectivity index (χ3n) is 2.99. The summed E-state index contributed by atoms with van der Waals surface area (Å²) in [6.07, 6.45) is 0.841. The van der Waals surface area contributed by atoms with Crippen LogP contribution in [0.5, 0.6) is 5.75 Å². The Morgan fingerprint density at radius 1 is 0.952 bits per heavy atom. The topological polar surface area (TPSA) is 44.5 Å². The highest BCUT2D eigenvalue weighted by Gasteiger charge is 1.97. The molecule has 0 spiro atoms. The van der Waals surface area contributed by atoms with Gasteiger partial charge in [0.25, 0.3) is 0 Å². The molecule has 3 nitrogen and oxygen atoms in total. The number of benzene rings is 2. The van der Waals surface area contributed by atoms with Crippen LogP contribution in [0.3, 0.4) is 0 Å². The molecule has 2 N–H and O–H groups in total. The number of rotatable bonds is 8. The van der Waals surface area contributed by atoms with Crippen molar-refractivity contribution in [2.45, 2.75) is 19.6 Å². The van der Waals surface area contributed by atoms with Gasteiger partial charge in [0.1, 0.15) is 5.75 Å². The van der Waals surface area contributed by atoms with E-state index in [0.29, 0.717) is 26.4 Å². The van der Waals surface area contributed by atoms with E-state index in [1.54, 1.807) is 0 Å². The van der Waals surface area contributed by atoms with Gasteiger partial charge in [-0.2, -0.15) is 0 Å². The minimum atomic E-state index is 0.528. The maximum atomic E-state index is 5.92. The van der Waals surface area contributed by atoms with Crippen molar-refractivity contribution < 1.29 is 9.47 Å². The lowest BCUT2D eigenvalue weighted by Gasteiger charge is -2.08. The molecule has 0 saturated heterocycles. The molecule has 112 valence electrons. The van der Waals surface area contributed by atoms with Crippen molar-refractivity contribution in [2.75, 3.05) is 13.2 Å². The summed E-state index contributed by atoms with van der Waals surface area (Å²) in [4.78, 5) is 0. The van der Waals surface area contributed by atoms with Crippen LogP contribution >= 0.6 is 11.6 Å². The van der Waals surface area contributed by atoms with Crippen LogP contribution in [-0.4, -0.2) is 13.2 Å². The van der Waals surface area contributed by atoms with Gasteiger partial charge in [0, 0.05) is 18.0 Å². The van der Waals surface area contributed by atoms with Crippen LogP contribution in [0.2, 0.25) is 5.02 Å². The smallest absolute Gasteiger partial charge is 0.119 e. The Morgan fingerprint density at radius 3 is 2.57 bits per heavy atom.